The summed E-state index contributed by atoms with van der Waals surface area (Å²) < 4.78 is 10.6. The van der Waals surface area contributed by atoms with Crippen LogP contribution in [0.3, 0.4) is 0 Å². The van der Waals surface area contributed by atoms with Gasteiger partial charge in [0.25, 0.3) is 0 Å². The van der Waals surface area contributed by atoms with E-state index in [1.54, 1.807) is 26.5 Å². The first-order valence-electron chi connectivity index (χ1n) is 7.95. The average molecular weight is 371 g/mol. The van der Waals surface area contributed by atoms with Crippen molar-refractivity contribution in [3.63, 3.8) is 0 Å². The van der Waals surface area contributed by atoms with Crippen LogP contribution in [0.5, 0.6) is 11.5 Å². The molecule has 2 N–H and O–H groups in total. The maximum atomic E-state index is 6.16. The molecule has 0 aliphatic rings. The van der Waals surface area contributed by atoms with Crippen molar-refractivity contribution in [2.45, 2.75) is 6.92 Å². The molecule has 3 aromatic rings. The van der Waals surface area contributed by atoms with E-state index in [9.17, 15) is 0 Å². The SMILES string of the molecule is COc1ccc(Nc2nccc(Nc3cccc(Cl)c3C)n2)cc1OC. The Labute approximate surface area is 157 Å². The number of nitrogens with zero attached hydrogens (tertiary/aromatic N) is 2. The third kappa shape index (κ3) is 3.97. The summed E-state index contributed by atoms with van der Waals surface area (Å²) in [6, 6.07) is 13.0. The molecule has 3 rings (SSSR count). The number of anilines is 4. The Morgan fingerprint density at radius 1 is 0.962 bits per heavy atom. The summed E-state index contributed by atoms with van der Waals surface area (Å²) in [6.45, 7) is 1.95. The lowest BCUT2D eigenvalue weighted by Gasteiger charge is -2.12. The Morgan fingerprint density at radius 3 is 2.54 bits per heavy atom. The summed E-state index contributed by atoms with van der Waals surface area (Å²) in [5.41, 5.74) is 2.65. The van der Waals surface area contributed by atoms with Crippen molar-refractivity contribution in [2.24, 2.45) is 0 Å². The van der Waals surface area contributed by atoms with E-state index in [1.165, 1.54) is 0 Å². The lowest BCUT2D eigenvalue weighted by molar-refractivity contribution is 0.355. The molecule has 0 fully saturated rings. The smallest absolute Gasteiger partial charge is 0.229 e. The second-order valence-corrected chi connectivity index (χ2v) is 5.90. The molecule has 0 aliphatic carbocycles. The Bertz CT molecular complexity index is 918. The van der Waals surface area contributed by atoms with Crippen LogP contribution in [0.1, 0.15) is 5.56 Å². The zero-order valence-electron chi connectivity index (χ0n) is 14.7. The van der Waals surface area contributed by atoms with Gasteiger partial charge in [-0.05, 0) is 42.8 Å². The summed E-state index contributed by atoms with van der Waals surface area (Å²) in [7, 11) is 3.19. The number of nitrogens with one attached hydrogen (secondary N) is 2. The standard InChI is InChI=1S/C19H19ClN4O2/c1-12-14(20)5-4-6-15(12)23-18-9-10-21-19(24-18)22-13-7-8-16(25-2)17(11-13)26-3/h4-11H,1-3H3,(H2,21,22,23,24). The van der Waals surface area contributed by atoms with E-state index in [0.29, 0.717) is 28.3 Å². The Balaban J connectivity index is 1.80. The van der Waals surface area contributed by atoms with Crippen LogP contribution in [0.2, 0.25) is 5.02 Å². The maximum absolute atomic E-state index is 6.16. The van der Waals surface area contributed by atoms with Gasteiger partial charge in [0.1, 0.15) is 5.82 Å². The molecular formula is C19H19ClN4O2. The molecule has 0 saturated carbocycles. The third-order valence-corrected chi connectivity index (χ3v) is 4.24. The first-order chi connectivity index (χ1) is 12.6. The molecule has 1 heterocycles. The molecule has 1 aromatic heterocycles. The normalized spacial score (nSPS) is 10.3. The zero-order valence-corrected chi connectivity index (χ0v) is 15.5. The highest BCUT2D eigenvalue weighted by Gasteiger charge is 2.07. The summed E-state index contributed by atoms with van der Waals surface area (Å²) in [6.07, 6.45) is 1.68. The topological polar surface area (TPSA) is 68.3 Å². The van der Waals surface area contributed by atoms with E-state index in [1.807, 2.05) is 43.3 Å². The zero-order chi connectivity index (χ0) is 18.5. The van der Waals surface area contributed by atoms with Gasteiger partial charge in [0.2, 0.25) is 5.95 Å². The van der Waals surface area contributed by atoms with Crippen molar-refractivity contribution >= 4 is 34.7 Å². The molecule has 0 spiro atoms. The summed E-state index contributed by atoms with van der Waals surface area (Å²) in [4.78, 5) is 8.74. The van der Waals surface area contributed by atoms with Crippen LogP contribution in [0.25, 0.3) is 0 Å². The summed E-state index contributed by atoms with van der Waals surface area (Å²) >= 11 is 6.16. The molecular weight excluding hydrogens is 352 g/mol. The van der Waals surface area contributed by atoms with Crippen molar-refractivity contribution in [1.82, 2.24) is 9.97 Å². The van der Waals surface area contributed by atoms with Crippen LogP contribution in [-0.2, 0) is 0 Å². The van der Waals surface area contributed by atoms with Gasteiger partial charge in [0.05, 0.1) is 14.2 Å². The van der Waals surface area contributed by atoms with Crippen LogP contribution in [0.4, 0.5) is 23.1 Å². The number of methoxy groups -OCH3 is 2. The highest BCUT2D eigenvalue weighted by molar-refractivity contribution is 6.31. The average Bonchev–Trinajstić information content (AvgIpc) is 2.65. The molecule has 0 unspecified atom stereocenters. The van der Waals surface area contributed by atoms with Gasteiger partial charge in [-0.1, -0.05) is 17.7 Å². The van der Waals surface area contributed by atoms with E-state index in [4.69, 9.17) is 21.1 Å². The molecule has 2 aromatic carbocycles. The lowest BCUT2D eigenvalue weighted by Crippen LogP contribution is -2.01. The van der Waals surface area contributed by atoms with Gasteiger partial charge in [0.15, 0.2) is 11.5 Å². The highest BCUT2D eigenvalue weighted by atomic mass is 35.5. The minimum Gasteiger partial charge on any atom is -0.493 e. The Hall–Kier alpha value is -2.99. The van der Waals surface area contributed by atoms with Crippen molar-refractivity contribution < 1.29 is 9.47 Å². The van der Waals surface area contributed by atoms with E-state index in [-0.39, 0.29) is 0 Å². The molecule has 0 atom stereocenters. The summed E-state index contributed by atoms with van der Waals surface area (Å²) in [5.74, 6) is 2.40. The van der Waals surface area contributed by atoms with Crippen LogP contribution in [-0.4, -0.2) is 24.2 Å². The van der Waals surface area contributed by atoms with Gasteiger partial charge in [-0.3, -0.25) is 0 Å². The second kappa shape index (κ2) is 7.93. The highest BCUT2D eigenvalue weighted by Crippen LogP contribution is 2.31. The number of rotatable bonds is 6. The molecule has 0 saturated heterocycles. The number of aromatic nitrogens is 2. The van der Waals surface area contributed by atoms with Crippen LogP contribution in [0, 0.1) is 6.92 Å². The van der Waals surface area contributed by atoms with E-state index in [0.717, 1.165) is 16.9 Å². The fraction of sp³-hybridized carbons (Fsp3) is 0.158. The fourth-order valence-corrected chi connectivity index (χ4v) is 2.59. The van der Waals surface area contributed by atoms with Crippen molar-refractivity contribution in [3.8, 4) is 11.5 Å². The third-order valence-electron chi connectivity index (χ3n) is 3.83. The van der Waals surface area contributed by atoms with Crippen LogP contribution >= 0.6 is 11.6 Å². The second-order valence-electron chi connectivity index (χ2n) is 5.50. The summed E-state index contributed by atoms with van der Waals surface area (Å²) in [5, 5.41) is 7.12. The Kier molecular flexibility index (Phi) is 5.43. The first kappa shape index (κ1) is 17.8. The quantitative estimate of drug-likeness (QED) is 0.640. The number of benzene rings is 2. The predicted molar refractivity (Wildman–Crippen MR) is 104 cm³/mol. The predicted octanol–water partition coefficient (Wildman–Crippen LogP) is 4.94. The van der Waals surface area contributed by atoms with E-state index in [2.05, 4.69) is 20.6 Å². The molecule has 0 amide bonds. The van der Waals surface area contributed by atoms with Gasteiger partial charge in [-0.15, -0.1) is 0 Å². The molecule has 7 heteroatoms. The van der Waals surface area contributed by atoms with E-state index < -0.39 is 0 Å². The first-order valence-corrected chi connectivity index (χ1v) is 8.32. The van der Waals surface area contributed by atoms with Crippen LogP contribution in [0.15, 0.2) is 48.7 Å². The van der Waals surface area contributed by atoms with Gasteiger partial charge in [-0.2, -0.15) is 4.98 Å². The van der Waals surface area contributed by atoms with Gasteiger partial charge in [0, 0.05) is 28.7 Å². The number of ether oxygens (including phenoxy) is 2. The van der Waals surface area contributed by atoms with E-state index >= 15 is 0 Å². The number of hydrogen-bond donors (Lipinski definition) is 2. The van der Waals surface area contributed by atoms with Gasteiger partial charge in [-0.25, -0.2) is 4.98 Å². The lowest BCUT2D eigenvalue weighted by atomic mass is 10.2. The van der Waals surface area contributed by atoms with Crippen LogP contribution < -0.4 is 20.1 Å². The fourth-order valence-electron chi connectivity index (χ4n) is 2.41. The molecule has 134 valence electrons. The van der Waals surface area contributed by atoms with Crippen molar-refractivity contribution in [1.29, 1.82) is 0 Å². The molecule has 0 aliphatic heterocycles. The molecule has 0 radical (unpaired) electrons. The van der Waals surface area contributed by atoms with Crippen molar-refractivity contribution in [2.75, 3.05) is 24.9 Å². The molecule has 26 heavy (non-hydrogen) atoms. The minimum absolute atomic E-state index is 0.460. The monoisotopic (exact) mass is 370 g/mol. The minimum atomic E-state index is 0.460. The maximum Gasteiger partial charge on any atom is 0.229 e. The molecule has 0 bridgehead atoms. The largest absolute Gasteiger partial charge is 0.493 e. The van der Waals surface area contributed by atoms with Crippen molar-refractivity contribution in [3.05, 3.63) is 59.2 Å². The van der Waals surface area contributed by atoms with Gasteiger partial charge < -0.3 is 20.1 Å². The Morgan fingerprint density at radius 2 is 1.77 bits per heavy atom. The van der Waals surface area contributed by atoms with Gasteiger partial charge >= 0.3 is 0 Å². The molecule has 6 nitrogen and oxygen atoms in total. The number of hydrogen-bond acceptors (Lipinski definition) is 6. The number of halogens is 1.